The third kappa shape index (κ3) is 7.77. The van der Waals surface area contributed by atoms with Gasteiger partial charge in [-0.15, -0.1) is 0 Å². The molecule has 0 spiro atoms. The predicted molar refractivity (Wildman–Crippen MR) is 162 cm³/mol. The summed E-state index contributed by atoms with van der Waals surface area (Å²) >= 11 is 4.09. The first-order valence-electron chi connectivity index (χ1n) is 13.4. The average molecular weight is 636 g/mol. The Bertz CT molecular complexity index is 1660. The minimum absolute atomic E-state index is 0.168. The number of nitrogens with zero attached hydrogens (tertiary/aromatic N) is 4. The predicted octanol–water partition coefficient (Wildman–Crippen LogP) is 5.05. The van der Waals surface area contributed by atoms with E-state index in [1.165, 1.54) is 0 Å². The van der Waals surface area contributed by atoms with Crippen LogP contribution in [-0.4, -0.2) is 47.2 Å². The van der Waals surface area contributed by atoms with Crippen molar-refractivity contribution in [1.29, 1.82) is 5.26 Å². The van der Waals surface area contributed by atoms with Gasteiger partial charge in [-0.1, -0.05) is 23.7 Å². The molecular formula is C28H32ClN4O7S2+. The van der Waals surface area contributed by atoms with Crippen LogP contribution in [0.2, 0.25) is 5.02 Å². The Morgan fingerprint density at radius 3 is 2.64 bits per heavy atom. The molecule has 2 heterocycles. The van der Waals surface area contributed by atoms with E-state index in [1.807, 2.05) is 58.9 Å². The van der Waals surface area contributed by atoms with Crippen molar-refractivity contribution in [3.05, 3.63) is 70.8 Å². The van der Waals surface area contributed by atoms with Gasteiger partial charge in [0, 0.05) is 25.6 Å². The zero-order valence-corrected chi connectivity index (χ0v) is 25.4. The normalized spacial score (nSPS) is 15.2. The zero-order valence-electron chi connectivity index (χ0n) is 23.0. The van der Waals surface area contributed by atoms with Gasteiger partial charge in [-0.3, -0.25) is 13.3 Å². The lowest BCUT2D eigenvalue weighted by molar-refractivity contribution is -0.678. The maximum Gasteiger partial charge on any atom is 0.374 e. The molecule has 1 aliphatic heterocycles. The average Bonchev–Trinajstić information content (AvgIpc) is 3.43. The number of unbranched alkanes of at least 4 members (excludes halogenated alkanes) is 2. The standard InChI is InChI=1S/C28H31ClN4O7S2/c1-2-31-25-19-22(29)21(20-30)18-24(25)32(14-6-8-17-42(36,37)38)27(31)12-9-13-28-33(15-5-7-16-39-41(34)35)23-10-3-4-11-26(23)40-28/h3-4,9-13,18-19H,2,5-8,14-17H2,1H3,(H-,34,35,36,37,38)/p+1. The summed E-state index contributed by atoms with van der Waals surface area (Å²) in [5, 5.41) is 9.91. The number of aromatic nitrogens is 1. The summed E-state index contributed by atoms with van der Waals surface area (Å²) in [6.45, 7) is 3.84. The molecule has 42 heavy (non-hydrogen) atoms. The Balaban J connectivity index is 1.63. The Labute approximate surface area is 252 Å². The number of rotatable bonds is 14. The smallest absolute Gasteiger partial charge is 0.374 e. The summed E-state index contributed by atoms with van der Waals surface area (Å²) in [6.07, 6.45) is 7.70. The maximum absolute atomic E-state index is 11.2. The first kappa shape index (κ1) is 31.7. The first-order valence-corrected chi connectivity index (χ1v) is 16.4. The maximum atomic E-state index is 11.2. The summed E-state index contributed by atoms with van der Waals surface area (Å²) < 4.78 is 64.0. The lowest BCUT2D eigenvalue weighted by Gasteiger charge is -2.24. The van der Waals surface area contributed by atoms with E-state index in [1.54, 1.807) is 12.1 Å². The van der Waals surface area contributed by atoms with Crippen LogP contribution in [0.1, 0.15) is 44.1 Å². The van der Waals surface area contributed by atoms with Crippen molar-refractivity contribution < 1.29 is 34.9 Å². The lowest BCUT2D eigenvalue weighted by Crippen LogP contribution is -2.35. The third-order valence-electron chi connectivity index (χ3n) is 6.75. The number of hydrogen-bond acceptors (Lipinski definition) is 8. The van der Waals surface area contributed by atoms with E-state index < -0.39 is 21.5 Å². The van der Waals surface area contributed by atoms with Crippen LogP contribution >= 0.6 is 11.6 Å². The second kappa shape index (κ2) is 14.3. The minimum Gasteiger partial charge on any atom is -0.398 e. The molecule has 224 valence electrons. The molecule has 0 fully saturated rings. The van der Waals surface area contributed by atoms with Gasteiger partial charge in [0.1, 0.15) is 11.9 Å². The molecule has 0 radical (unpaired) electrons. The highest BCUT2D eigenvalue weighted by molar-refractivity contribution is 7.85. The Hall–Kier alpha value is -3.25. The van der Waals surface area contributed by atoms with Gasteiger partial charge in [0.15, 0.2) is 6.54 Å². The number of para-hydroxylation sites is 2. The van der Waals surface area contributed by atoms with Crippen molar-refractivity contribution in [3.8, 4) is 6.07 Å². The minimum atomic E-state index is -4.06. The molecule has 2 N–H and O–H groups in total. The van der Waals surface area contributed by atoms with Crippen molar-refractivity contribution in [3.63, 3.8) is 0 Å². The van der Waals surface area contributed by atoms with E-state index >= 15 is 0 Å². The molecule has 0 amide bonds. The van der Waals surface area contributed by atoms with Crippen molar-refractivity contribution in [2.75, 3.05) is 35.2 Å². The highest BCUT2D eigenvalue weighted by atomic mass is 35.5. The highest BCUT2D eigenvalue weighted by Crippen LogP contribution is 2.44. The topological polar surface area (TPSA) is 148 Å². The fraction of sp³-hybridized carbons (Fsp3) is 0.357. The molecule has 14 heteroatoms. The van der Waals surface area contributed by atoms with Crippen LogP contribution in [0.5, 0.6) is 0 Å². The van der Waals surface area contributed by atoms with Crippen LogP contribution in [0.4, 0.5) is 11.4 Å². The van der Waals surface area contributed by atoms with Gasteiger partial charge >= 0.3 is 17.3 Å². The van der Waals surface area contributed by atoms with Crippen LogP contribution < -0.4 is 14.4 Å². The molecular weight excluding hydrogens is 604 g/mol. The summed E-state index contributed by atoms with van der Waals surface area (Å²) in [7, 11) is -4.06. The molecule has 0 aliphatic carbocycles. The molecule has 4 rings (SSSR count). The summed E-state index contributed by atoms with van der Waals surface area (Å²) in [4.78, 5) is 4.08. The number of benzene rings is 2. The van der Waals surface area contributed by atoms with Gasteiger partial charge in [0.2, 0.25) is 5.58 Å². The van der Waals surface area contributed by atoms with Gasteiger partial charge in [0.05, 0.1) is 40.4 Å². The van der Waals surface area contributed by atoms with Gasteiger partial charge in [-0.05, 0) is 56.5 Å². The number of halogens is 1. The van der Waals surface area contributed by atoms with E-state index in [9.17, 15) is 17.9 Å². The van der Waals surface area contributed by atoms with Gasteiger partial charge in [-0.2, -0.15) is 22.5 Å². The molecule has 3 aromatic rings. The molecule has 0 bridgehead atoms. The Morgan fingerprint density at radius 1 is 1.17 bits per heavy atom. The van der Waals surface area contributed by atoms with Crippen LogP contribution in [0, 0.1) is 11.3 Å². The van der Waals surface area contributed by atoms with Gasteiger partial charge in [-0.25, -0.2) is 0 Å². The second-order valence-electron chi connectivity index (χ2n) is 9.51. The number of aryl methyl sites for hydroxylation is 1. The Morgan fingerprint density at radius 2 is 1.93 bits per heavy atom. The van der Waals surface area contributed by atoms with Crippen molar-refractivity contribution in [2.24, 2.45) is 0 Å². The van der Waals surface area contributed by atoms with Crippen LogP contribution in [-0.2, 0) is 32.2 Å². The third-order valence-corrected chi connectivity index (χ3v) is 8.24. The first-order chi connectivity index (χ1) is 20.1. The molecule has 0 saturated carbocycles. The van der Waals surface area contributed by atoms with Crippen LogP contribution in [0.15, 0.2) is 58.8 Å². The number of hydrogen-bond donors (Lipinski definition) is 2. The Kier molecular flexibility index (Phi) is 10.8. The molecule has 1 aromatic heterocycles. The second-order valence-corrected chi connectivity index (χ2v) is 12.2. The summed E-state index contributed by atoms with van der Waals surface area (Å²) in [6, 6.07) is 13.3. The number of nitriles is 1. The molecule has 1 unspecified atom stereocenters. The molecule has 11 nitrogen and oxygen atoms in total. The molecule has 1 atom stereocenters. The highest BCUT2D eigenvalue weighted by Gasteiger charge is 2.31. The lowest BCUT2D eigenvalue weighted by atomic mass is 10.1. The SMILES string of the molecule is CCN1C(=CC=Cc2oc3ccccc3[n+]2CCCCOS(=O)O)N(CCCCS(=O)(=O)O)c2cc(C#N)c(Cl)cc21. The number of oxazole rings is 1. The van der Waals surface area contributed by atoms with Gasteiger partial charge in [0.25, 0.3) is 15.6 Å². The molecule has 0 saturated heterocycles. The van der Waals surface area contributed by atoms with Crippen LogP contribution in [0.3, 0.4) is 0 Å². The fourth-order valence-corrected chi connectivity index (χ4v) is 5.92. The number of fused-ring (bicyclic) bond motifs is 2. The quantitative estimate of drug-likeness (QED) is 0.107. The van der Waals surface area contributed by atoms with E-state index in [-0.39, 0.29) is 18.8 Å². The summed E-state index contributed by atoms with van der Waals surface area (Å²) in [5.74, 6) is 1.11. The molecule has 2 aromatic carbocycles. The van der Waals surface area contributed by atoms with Crippen LogP contribution in [0.25, 0.3) is 17.2 Å². The van der Waals surface area contributed by atoms with Crippen molar-refractivity contribution >= 4 is 61.6 Å². The number of anilines is 2. The van der Waals surface area contributed by atoms with Gasteiger partial charge < -0.3 is 14.2 Å². The van der Waals surface area contributed by atoms with E-state index in [0.717, 1.165) is 28.3 Å². The summed E-state index contributed by atoms with van der Waals surface area (Å²) in [5.41, 5.74) is 3.60. The number of allylic oxidation sites excluding steroid dienone is 2. The van der Waals surface area contributed by atoms with E-state index in [2.05, 4.69) is 11.0 Å². The fourth-order valence-electron chi connectivity index (χ4n) is 4.89. The van der Waals surface area contributed by atoms with Crippen molar-refractivity contribution in [2.45, 2.75) is 39.2 Å². The largest absolute Gasteiger partial charge is 0.398 e. The zero-order chi connectivity index (χ0) is 30.3. The van der Waals surface area contributed by atoms with Crippen molar-refractivity contribution in [1.82, 2.24) is 0 Å². The van der Waals surface area contributed by atoms with E-state index in [0.29, 0.717) is 55.4 Å². The van der Waals surface area contributed by atoms with E-state index in [4.69, 9.17) is 29.3 Å². The monoisotopic (exact) mass is 635 g/mol. The molecule has 1 aliphatic rings.